The van der Waals surface area contributed by atoms with Crippen molar-refractivity contribution in [1.82, 2.24) is 14.7 Å². The largest absolute Gasteiger partial charge is 0.335 e. The van der Waals surface area contributed by atoms with E-state index >= 15 is 0 Å². The molecule has 0 bridgehead atoms. The van der Waals surface area contributed by atoms with E-state index in [-0.39, 0.29) is 16.0 Å². The van der Waals surface area contributed by atoms with E-state index < -0.39 is 5.56 Å². The minimum Gasteiger partial charge on any atom is -0.335 e. The van der Waals surface area contributed by atoms with Gasteiger partial charge in [0.1, 0.15) is 5.02 Å². The lowest BCUT2D eigenvalue weighted by Crippen LogP contribution is -2.49. The van der Waals surface area contributed by atoms with Gasteiger partial charge in [-0.3, -0.25) is 9.59 Å². The van der Waals surface area contributed by atoms with Gasteiger partial charge in [-0.05, 0) is 55.9 Å². The minimum absolute atomic E-state index is 0.0662. The van der Waals surface area contributed by atoms with E-state index in [9.17, 15) is 9.59 Å². The van der Waals surface area contributed by atoms with Crippen molar-refractivity contribution in [2.24, 2.45) is 5.92 Å². The predicted octanol–water partition coefficient (Wildman–Crippen LogP) is 4.33. The molecule has 7 heteroatoms. The molecule has 1 saturated carbocycles. The van der Waals surface area contributed by atoms with Crippen LogP contribution in [0.15, 0.2) is 35.3 Å². The number of carbonyl (C=O) groups is 1. The van der Waals surface area contributed by atoms with Gasteiger partial charge in [-0.15, -0.1) is 0 Å². The van der Waals surface area contributed by atoms with Gasteiger partial charge in [-0.2, -0.15) is 9.78 Å². The Hall–Kier alpha value is -1.85. The molecule has 27 heavy (non-hydrogen) atoms. The van der Waals surface area contributed by atoms with E-state index in [2.05, 4.69) is 10.00 Å². The maximum atomic E-state index is 13.1. The number of likely N-dealkylation sites (tertiary alicyclic amines) is 1. The molecule has 1 aliphatic heterocycles. The SMILES string of the molecule is O=C(c1ccc(-n2ncc(Cl)c(Cl)c2=O)cc1)N1CCC[C@H]2CCCC[C@@H]21. The summed E-state index contributed by atoms with van der Waals surface area (Å²) < 4.78 is 1.18. The third-order valence-electron chi connectivity index (χ3n) is 5.74. The quantitative estimate of drug-likeness (QED) is 0.746. The van der Waals surface area contributed by atoms with Crippen molar-refractivity contribution in [3.05, 3.63) is 56.4 Å². The highest BCUT2D eigenvalue weighted by Crippen LogP contribution is 2.36. The van der Waals surface area contributed by atoms with E-state index in [1.807, 2.05) is 0 Å². The Kier molecular flexibility index (Phi) is 5.24. The van der Waals surface area contributed by atoms with Crippen molar-refractivity contribution in [2.75, 3.05) is 6.54 Å². The molecule has 2 aliphatic rings. The fourth-order valence-corrected chi connectivity index (χ4v) is 4.64. The fraction of sp³-hybridized carbons (Fsp3) is 0.450. The monoisotopic (exact) mass is 405 g/mol. The molecule has 1 aromatic carbocycles. The van der Waals surface area contributed by atoms with Crippen LogP contribution < -0.4 is 5.56 Å². The highest BCUT2D eigenvalue weighted by molar-refractivity contribution is 6.41. The molecule has 142 valence electrons. The van der Waals surface area contributed by atoms with Crippen LogP contribution in [0.25, 0.3) is 5.69 Å². The number of nitrogens with zero attached hydrogens (tertiary/aromatic N) is 3. The van der Waals surface area contributed by atoms with Gasteiger partial charge in [0.25, 0.3) is 11.5 Å². The van der Waals surface area contributed by atoms with Crippen LogP contribution in [0.1, 0.15) is 48.9 Å². The third kappa shape index (κ3) is 3.50. The molecular formula is C20H21Cl2N3O2. The number of halogens is 2. The van der Waals surface area contributed by atoms with Crippen molar-refractivity contribution in [1.29, 1.82) is 0 Å². The lowest BCUT2D eigenvalue weighted by atomic mass is 9.78. The van der Waals surface area contributed by atoms with Gasteiger partial charge in [-0.1, -0.05) is 36.0 Å². The van der Waals surface area contributed by atoms with Gasteiger partial charge >= 0.3 is 0 Å². The Labute approximate surface area is 167 Å². The molecule has 1 aromatic heterocycles. The molecule has 2 heterocycles. The summed E-state index contributed by atoms with van der Waals surface area (Å²) in [6.45, 7) is 0.829. The van der Waals surface area contributed by atoms with E-state index in [1.165, 1.54) is 36.6 Å². The summed E-state index contributed by atoms with van der Waals surface area (Å²) in [6, 6.07) is 7.31. The van der Waals surface area contributed by atoms with E-state index in [4.69, 9.17) is 23.2 Å². The van der Waals surface area contributed by atoms with Gasteiger partial charge in [0.05, 0.1) is 16.9 Å². The number of benzene rings is 1. The van der Waals surface area contributed by atoms with Crippen molar-refractivity contribution in [3.63, 3.8) is 0 Å². The Morgan fingerprint density at radius 2 is 1.74 bits per heavy atom. The van der Waals surface area contributed by atoms with Gasteiger partial charge < -0.3 is 4.90 Å². The molecular weight excluding hydrogens is 385 g/mol. The zero-order valence-electron chi connectivity index (χ0n) is 14.9. The minimum atomic E-state index is -0.482. The molecule has 5 nitrogen and oxygen atoms in total. The van der Waals surface area contributed by atoms with Crippen molar-refractivity contribution < 1.29 is 4.79 Å². The van der Waals surface area contributed by atoms with Gasteiger partial charge in [0.15, 0.2) is 0 Å². The Bertz CT molecular complexity index is 908. The highest BCUT2D eigenvalue weighted by atomic mass is 35.5. The average molecular weight is 406 g/mol. The summed E-state index contributed by atoms with van der Waals surface area (Å²) >= 11 is 11.7. The van der Waals surface area contributed by atoms with Crippen LogP contribution in [0.3, 0.4) is 0 Å². The lowest BCUT2D eigenvalue weighted by Gasteiger charge is -2.44. The molecule has 2 aromatic rings. The number of fused-ring (bicyclic) bond motifs is 1. The lowest BCUT2D eigenvalue weighted by molar-refractivity contribution is 0.0390. The summed E-state index contributed by atoms with van der Waals surface area (Å²) in [7, 11) is 0. The molecule has 2 atom stereocenters. The van der Waals surface area contributed by atoms with Crippen LogP contribution >= 0.6 is 23.2 Å². The van der Waals surface area contributed by atoms with E-state index in [0.717, 1.165) is 19.4 Å². The first kappa shape index (κ1) is 18.5. The molecule has 0 N–H and O–H groups in total. The third-order valence-corrected chi connectivity index (χ3v) is 6.49. The number of piperidine rings is 1. The van der Waals surface area contributed by atoms with Crippen LogP contribution in [-0.2, 0) is 0 Å². The molecule has 1 saturated heterocycles. The number of rotatable bonds is 2. The maximum Gasteiger partial charge on any atom is 0.291 e. The topological polar surface area (TPSA) is 55.2 Å². The van der Waals surface area contributed by atoms with Gasteiger partial charge in [0.2, 0.25) is 0 Å². The Balaban J connectivity index is 1.58. The van der Waals surface area contributed by atoms with Crippen LogP contribution in [0.2, 0.25) is 10.0 Å². The van der Waals surface area contributed by atoms with E-state index in [0.29, 0.717) is 23.2 Å². The predicted molar refractivity (Wildman–Crippen MR) is 106 cm³/mol. The molecule has 0 spiro atoms. The zero-order valence-corrected chi connectivity index (χ0v) is 16.4. The summed E-state index contributed by atoms with van der Waals surface area (Å²) in [5, 5.41) is 4.08. The first-order valence-corrected chi connectivity index (χ1v) is 10.2. The normalized spacial score (nSPS) is 22.4. The Morgan fingerprint density at radius 1 is 1.04 bits per heavy atom. The standard InChI is InChI=1S/C20H21Cl2N3O2/c21-16-12-23-25(20(27)18(16)22)15-9-7-14(8-10-15)19(26)24-11-3-5-13-4-1-2-6-17(13)24/h7-10,12-13,17H,1-6,11H2/t13-,17+/m1/s1. The summed E-state index contributed by atoms with van der Waals surface area (Å²) in [4.78, 5) is 27.4. The van der Waals surface area contributed by atoms with Crippen molar-refractivity contribution in [3.8, 4) is 5.69 Å². The average Bonchev–Trinajstić information content (AvgIpc) is 2.71. The summed E-state index contributed by atoms with van der Waals surface area (Å²) in [5.41, 5.74) is 0.701. The second-order valence-corrected chi connectivity index (χ2v) is 8.11. The van der Waals surface area contributed by atoms with Gasteiger partial charge in [0, 0.05) is 18.2 Å². The maximum absolute atomic E-state index is 13.1. The first-order chi connectivity index (χ1) is 13.1. The number of hydrogen-bond acceptors (Lipinski definition) is 3. The molecule has 0 radical (unpaired) electrons. The number of amides is 1. The first-order valence-electron chi connectivity index (χ1n) is 9.41. The Morgan fingerprint density at radius 3 is 2.52 bits per heavy atom. The molecule has 1 amide bonds. The summed E-state index contributed by atoms with van der Waals surface area (Å²) in [5.74, 6) is 0.724. The highest BCUT2D eigenvalue weighted by Gasteiger charge is 2.35. The smallest absolute Gasteiger partial charge is 0.291 e. The van der Waals surface area contributed by atoms with Crippen LogP contribution in [0, 0.1) is 5.92 Å². The summed E-state index contributed by atoms with van der Waals surface area (Å²) in [6.07, 6.45) is 8.48. The number of hydrogen-bond donors (Lipinski definition) is 0. The zero-order chi connectivity index (χ0) is 19.0. The molecule has 2 fully saturated rings. The van der Waals surface area contributed by atoms with Crippen LogP contribution in [-0.4, -0.2) is 33.2 Å². The van der Waals surface area contributed by atoms with E-state index in [1.54, 1.807) is 24.3 Å². The number of aromatic nitrogens is 2. The van der Waals surface area contributed by atoms with Crippen LogP contribution in [0.5, 0.6) is 0 Å². The van der Waals surface area contributed by atoms with Gasteiger partial charge in [-0.25, -0.2) is 0 Å². The second kappa shape index (κ2) is 7.64. The van der Waals surface area contributed by atoms with Crippen molar-refractivity contribution >= 4 is 29.1 Å². The molecule has 1 aliphatic carbocycles. The number of carbonyl (C=O) groups excluding carboxylic acids is 1. The second-order valence-electron chi connectivity index (χ2n) is 7.32. The molecule has 0 unspecified atom stereocenters. The molecule has 4 rings (SSSR count). The fourth-order valence-electron chi connectivity index (χ4n) is 4.38. The van der Waals surface area contributed by atoms with Crippen molar-refractivity contribution in [2.45, 2.75) is 44.6 Å². The van der Waals surface area contributed by atoms with Crippen LogP contribution in [0.4, 0.5) is 0 Å².